The van der Waals surface area contributed by atoms with Crippen molar-refractivity contribution in [3.8, 4) is 0 Å². The largest absolute Gasteiger partial charge is 0.472 e. The second-order valence-electron chi connectivity index (χ2n) is 16.0. The van der Waals surface area contributed by atoms with E-state index >= 15 is 0 Å². The molecule has 338 valence electrons. The average molecular weight is 835 g/mol. The van der Waals surface area contributed by atoms with Gasteiger partial charge < -0.3 is 21.1 Å². The van der Waals surface area contributed by atoms with Crippen LogP contribution in [-0.4, -0.2) is 47.8 Å². The molecule has 0 aliphatic heterocycles. The summed E-state index contributed by atoms with van der Waals surface area (Å²) in [6.07, 6.45) is 57.0. The molecule has 0 bridgehead atoms. The van der Waals surface area contributed by atoms with Crippen LogP contribution in [0.15, 0.2) is 60.8 Å². The van der Waals surface area contributed by atoms with E-state index in [0.29, 0.717) is 6.42 Å². The molecule has 8 nitrogen and oxygen atoms in total. The molecule has 0 aromatic rings. The maximum Gasteiger partial charge on any atom is 0.472 e. The first-order valence-electron chi connectivity index (χ1n) is 23.9. The topological polar surface area (TPSA) is 131 Å². The van der Waals surface area contributed by atoms with E-state index in [-0.39, 0.29) is 25.7 Å². The number of carbonyl (C=O) groups excluding carboxylic acids is 1. The predicted molar refractivity (Wildman–Crippen MR) is 249 cm³/mol. The highest BCUT2D eigenvalue weighted by Crippen LogP contribution is 2.43. The molecule has 0 heterocycles. The first-order valence-corrected chi connectivity index (χ1v) is 25.4. The molecule has 0 rings (SSSR count). The molecular weight excluding hydrogens is 744 g/mol. The van der Waals surface area contributed by atoms with Gasteiger partial charge in [-0.25, -0.2) is 4.57 Å². The molecule has 9 heteroatoms. The monoisotopic (exact) mass is 835 g/mol. The van der Waals surface area contributed by atoms with Gasteiger partial charge in [0.2, 0.25) is 5.91 Å². The van der Waals surface area contributed by atoms with Crippen molar-refractivity contribution < 1.29 is 28.4 Å². The Morgan fingerprint density at radius 3 is 1.45 bits per heavy atom. The van der Waals surface area contributed by atoms with Crippen LogP contribution < -0.4 is 11.1 Å². The van der Waals surface area contributed by atoms with Gasteiger partial charge in [-0.2, -0.15) is 0 Å². The summed E-state index contributed by atoms with van der Waals surface area (Å²) in [4.78, 5) is 22.8. The number of allylic oxidation sites excluding steroid dienone is 9. The lowest BCUT2D eigenvalue weighted by Crippen LogP contribution is -2.45. The molecule has 0 aromatic heterocycles. The van der Waals surface area contributed by atoms with Gasteiger partial charge in [0.05, 0.1) is 25.4 Å². The lowest BCUT2D eigenvalue weighted by molar-refractivity contribution is -0.123. The molecule has 0 aromatic carbocycles. The Hall–Kier alpha value is -1.80. The van der Waals surface area contributed by atoms with E-state index in [0.717, 1.165) is 57.8 Å². The predicted octanol–water partition coefficient (Wildman–Crippen LogP) is 13.8. The van der Waals surface area contributed by atoms with E-state index in [9.17, 15) is 19.4 Å². The van der Waals surface area contributed by atoms with Crippen LogP contribution in [0.25, 0.3) is 0 Å². The maximum absolute atomic E-state index is 12.8. The van der Waals surface area contributed by atoms with Crippen molar-refractivity contribution in [1.29, 1.82) is 0 Å². The standard InChI is InChI=1S/C49H91N2O6P/c1-3-5-7-9-11-13-15-17-19-21-22-23-24-25-26-27-29-31-33-35-37-39-41-43-49(53)51-47(46-57-58(54,55)56-45-44-50)48(52)42-40-38-36-34-32-30-28-20-18-16-14-12-10-8-6-4-2/h15,17,21-22,24-25,32,34,40,42,47-48,52H,3-14,16,18-20,23,26-31,33,35-39,41,43-46,50H2,1-2H3,(H,51,53)(H,54,55)/b17-15-,22-21-,25-24-,34-32+,42-40+. The minimum Gasteiger partial charge on any atom is -0.387 e. The Kier molecular flexibility index (Phi) is 43.4. The SMILES string of the molecule is CCCCCCC/C=C\C/C=C\C/C=C\CCCCCCCCCCC(=O)NC(COP(=O)(O)OCCN)C(O)/C=C/CC/C=C/CCCCCCCCCCCC. The van der Waals surface area contributed by atoms with Gasteiger partial charge in [-0.15, -0.1) is 0 Å². The van der Waals surface area contributed by atoms with Gasteiger partial charge in [-0.3, -0.25) is 13.8 Å². The van der Waals surface area contributed by atoms with Crippen LogP contribution in [0.5, 0.6) is 0 Å². The minimum absolute atomic E-state index is 0.0705. The fraction of sp³-hybridized carbons (Fsp3) is 0.776. The molecule has 5 N–H and O–H groups in total. The summed E-state index contributed by atoms with van der Waals surface area (Å²) in [6, 6.07) is -0.883. The molecule has 3 atom stereocenters. The van der Waals surface area contributed by atoms with E-state index in [1.807, 2.05) is 6.08 Å². The molecule has 0 saturated heterocycles. The van der Waals surface area contributed by atoms with Crippen molar-refractivity contribution in [1.82, 2.24) is 5.32 Å². The summed E-state index contributed by atoms with van der Waals surface area (Å²) < 4.78 is 22.2. The first kappa shape index (κ1) is 56.2. The summed E-state index contributed by atoms with van der Waals surface area (Å²) in [5.74, 6) is -0.213. The molecule has 0 radical (unpaired) electrons. The number of rotatable bonds is 44. The van der Waals surface area contributed by atoms with E-state index in [2.05, 4.69) is 67.8 Å². The third kappa shape index (κ3) is 42.3. The lowest BCUT2D eigenvalue weighted by Gasteiger charge is -2.23. The number of hydrogen-bond acceptors (Lipinski definition) is 6. The zero-order chi connectivity index (χ0) is 42.5. The van der Waals surface area contributed by atoms with Crippen molar-refractivity contribution in [2.75, 3.05) is 19.8 Å². The van der Waals surface area contributed by atoms with Gasteiger partial charge in [-0.1, -0.05) is 197 Å². The third-order valence-corrected chi connectivity index (χ3v) is 11.3. The Balaban J connectivity index is 4.20. The second-order valence-corrected chi connectivity index (χ2v) is 17.4. The maximum atomic E-state index is 12.8. The molecular formula is C49H91N2O6P. The normalized spacial score (nSPS) is 14.5. The fourth-order valence-electron chi connectivity index (χ4n) is 6.68. The zero-order valence-electron chi connectivity index (χ0n) is 37.5. The minimum atomic E-state index is -4.35. The third-order valence-electron chi connectivity index (χ3n) is 10.3. The molecule has 0 fully saturated rings. The van der Waals surface area contributed by atoms with E-state index in [1.54, 1.807) is 6.08 Å². The quantitative estimate of drug-likeness (QED) is 0.0273. The van der Waals surface area contributed by atoms with Gasteiger partial charge in [0, 0.05) is 13.0 Å². The smallest absolute Gasteiger partial charge is 0.387 e. The van der Waals surface area contributed by atoms with Crippen molar-refractivity contribution in [2.45, 2.75) is 225 Å². The number of amides is 1. The van der Waals surface area contributed by atoms with Crippen molar-refractivity contribution >= 4 is 13.7 Å². The second kappa shape index (κ2) is 44.7. The number of hydrogen-bond donors (Lipinski definition) is 4. The summed E-state index contributed by atoms with van der Waals surface area (Å²) in [5, 5.41) is 13.7. The highest BCUT2D eigenvalue weighted by molar-refractivity contribution is 7.47. The van der Waals surface area contributed by atoms with Crippen LogP contribution in [0, 0.1) is 0 Å². The molecule has 0 spiro atoms. The number of phosphoric acid groups is 1. The molecule has 3 unspecified atom stereocenters. The Labute approximate surface area is 357 Å². The van der Waals surface area contributed by atoms with Crippen molar-refractivity contribution in [2.24, 2.45) is 5.73 Å². The summed E-state index contributed by atoms with van der Waals surface area (Å²) in [7, 11) is -4.35. The summed E-state index contributed by atoms with van der Waals surface area (Å²) >= 11 is 0. The van der Waals surface area contributed by atoms with Gasteiger partial charge in [0.15, 0.2) is 0 Å². The van der Waals surface area contributed by atoms with E-state index in [4.69, 9.17) is 14.8 Å². The van der Waals surface area contributed by atoms with Crippen LogP contribution >= 0.6 is 7.82 Å². The average Bonchev–Trinajstić information content (AvgIpc) is 3.21. The Bertz CT molecular complexity index is 1090. The van der Waals surface area contributed by atoms with Crippen LogP contribution in [-0.2, 0) is 18.4 Å². The highest BCUT2D eigenvalue weighted by Gasteiger charge is 2.26. The number of phosphoric ester groups is 1. The number of carbonyl (C=O) groups is 1. The van der Waals surface area contributed by atoms with Crippen LogP contribution in [0.1, 0.15) is 213 Å². The van der Waals surface area contributed by atoms with Crippen molar-refractivity contribution in [3.05, 3.63) is 60.8 Å². The Morgan fingerprint density at radius 1 is 0.569 bits per heavy atom. The lowest BCUT2D eigenvalue weighted by atomic mass is 10.1. The van der Waals surface area contributed by atoms with Gasteiger partial charge in [0.1, 0.15) is 0 Å². The molecule has 0 aliphatic rings. The Morgan fingerprint density at radius 2 is 0.966 bits per heavy atom. The van der Waals surface area contributed by atoms with Gasteiger partial charge in [0.25, 0.3) is 0 Å². The molecule has 1 amide bonds. The fourth-order valence-corrected chi connectivity index (χ4v) is 7.44. The van der Waals surface area contributed by atoms with Crippen LogP contribution in [0.2, 0.25) is 0 Å². The first-order chi connectivity index (χ1) is 28.4. The molecule has 58 heavy (non-hydrogen) atoms. The van der Waals surface area contributed by atoms with Crippen molar-refractivity contribution in [3.63, 3.8) is 0 Å². The van der Waals surface area contributed by atoms with E-state index in [1.165, 1.54) is 135 Å². The van der Waals surface area contributed by atoms with Crippen LogP contribution in [0.3, 0.4) is 0 Å². The number of aliphatic hydroxyl groups is 1. The molecule has 0 saturated carbocycles. The number of unbranched alkanes of at least 4 members (excludes halogenated alkanes) is 24. The summed E-state index contributed by atoms with van der Waals surface area (Å²) in [6.45, 7) is 4.10. The molecule has 0 aliphatic carbocycles. The van der Waals surface area contributed by atoms with E-state index < -0.39 is 20.0 Å². The van der Waals surface area contributed by atoms with Gasteiger partial charge >= 0.3 is 7.82 Å². The van der Waals surface area contributed by atoms with Crippen LogP contribution in [0.4, 0.5) is 0 Å². The zero-order valence-corrected chi connectivity index (χ0v) is 38.4. The highest BCUT2D eigenvalue weighted by atomic mass is 31.2. The number of nitrogens with one attached hydrogen (secondary N) is 1. The summed E-state index contributed by atoms with van der Waals surface area (Å²) in [5.41, 5.74) is 5.38. The van der Waals surface area contributed by atoms with Gasteiger partial charge in [-0.05, 0) is 70.6 Å². The number of aliphatic hydroxyl groups excluding tert-OH is 1. The number of nitrogens with two attached hydrogens (primary N) is 1.